The molecule has 3 heterocycles. The molecule has 6 nitrogen and oxygen atoms in total. The van der Waals surface area contributed by atoms with Crippen molar-refractivity contribution in [3.8, 4) is 0 Å². The lowest BCUT2D eigenvalue weighted by Crippen LogP contribution is -2.56. The second-order valence-electron chi connectivity index (χ2n) is 8.34. The first-order valence-electron chi connectivity index (χ1n) is 9.38. The van der Waals surface area contributed by atoms with Gasteiger partial charge in [-0.05, 0) is 44.9 Å². The Balaban J connectivity index is 1.68. The maximum Gasteiger partial charge on any atom is 0.257 e. The van der Waals surface area contributed by atoms with Crippen molar-refractivity contribution < 1.29 is 9.21 Å². The predicted molar refractivity (Wildman–Crippen MR) is 106 cm³/mol. The minimum absolute atomic E-state index is 0.000653. The van der Waals surface area contributed by atoms with Crippen LogP contribution in [0.3, 0.4) is 0 Å². The van der Waals surface area contributed by atoms with Gasteiger partial charge in [-0.25, -0.2) is 0 Å². The Morgan fingerprint density at radius 2 is 2.07 bits per heavy atom. The predicted octanol–water partition coefficient (Wildman–Crippen LogP) is 3.28. The summed E-state index contributed by atoms with van der Waals surface area (Å²) in [5.74, 6) is 0.904. The van der Waals surface area contributed by atoms with Crippen molar-refractivity contribution in [2.75, 3.05) is 18.4 Å². The molecule has 0 radical (unpaired) electrons. The Morgan fingerprint density at radius 3 is 2.81 bits per heavy atom. The van der Waals surface area contributed by atoms with E-state index in [1.165, 1.54) is 18.1 Å². The molecule has 0 bridgehead atoms. The summed E-state index contributed by atoms with van der Waals surface area (Å²) in [6, 6.07) is 9.99. The zero-order chi connectivity index (χ0) is 19.1. The monoisotopic (exact) mass is 366 g/mol. The van der Waals surface area contributed by atoms with Crippen molar-refractivity contribution in [1.82, 2.24) is 10.2 Å². The Morgan fingerprint density at radius 1 is 1.26 bits per heavy atom. The van der Waals surface area contributed by atoms with E-state index < -0.39 is 0 Å². The van der Waals surface area contributed by atoms with E-state index in [0.717, 1.165) is 24.5 Å². The second kappa shape index (κ2) is 6.53. The molecule has 6 heteroatoms. The summed E-state index contributed by atoms with van der Waals surface area (Å²) in [7, 11) is 0. The minimum Gasteiger partial charge on any atom is -0.472 e. The average Bonchev–Trinajstić information content (AvgIpc) is 3.27. The van der Waals surface area contributed by atoms with Crippen LogP contribution in [0.25, 0.3) is 0 Å². The van der Waals surface area contributed by atoms with Gasteiger partial charge in [0.2, 0.25) is 0 Å². The lowest BCUT2D eigenvalue weighted by molar-refractivity contribution is 0.0785. The molecule has 1 saturated heterocycles. The highest BCUT2D eigenvalue weighted by Gasteiger charge is 2.46. The molecule has 0 aliphatic carbocycles. The standard InChI is InChI=1S/C21H26N4O2/c1-20(2,3)24-19-21(22-12-15-6-4-5-7-17(15)23-19)9-10-25(14-21)18(26)16-8-11-27-13-16/h4-8,11,13,22H,9-10,12,14H2,1-3H3,(H,23,24). The quantitative estimate of drug-likeness (QED) is 0.813. The molecule has 4 rings (SSSR count). The van der Waals surface area contributed by atoms with Gasteiger partial charge in [-0.3, -0.25) is 15.1 Å². The van der Waals surface area contributed by atoms with Gasteiger partial charge >= 0.3 is 0 Å². The third-order valence-corrected chi connectivity index (χ3v) is 5.11. The first-order valence-corrected chi connectivity index (χ1v) is 9.38. The third kappa shape index (κ3) is 3.49. The van der Waals surface area contributed by atoms with Crippen molar-refractivity contribution in [1.29, 1.82) is 0 Å². The summed E-state index contributed by atoms with van der Waals surface area (Å²) in [4.78, 5) is 19.7. The number of hydrogen-bond acceptors (Lipinski definition) is 4. The number of furan rings is 1. The molecule has 1 aromatic heterocycles. The number of fused-ring (bicyclic) bond motifs is 1. The number of hydrogen-bond donors (Lipinski definition) is 2. The van der Waals surface area contributed by atoms with E-state index in [4.69, 9.17) is 9.41 Å². The molecule has 142 valence electrons. The molecule has 27 heavy (non-hydrogen) atoms. The van der Waals surface area contributed by atoms with Gasteiger partial charge in [0.1, 0.15) is 12.1 Å². The molecule has 1 atom stereocenters. The first kappa shape index (κ1) is 17.8. The van der Waals surface area contributed by atoms with Gasteiger partial charge in [-0.1, -0.05) is 18.2 Å². The Hall–Kier alpha value is -2.60. The van der Waals surface area contributed by atoms with Crippen LogP contribution in [0.5, 0.6) is 0 Å². The molecule has 2 aliphatic heterocycles. The smallest absolute Gasteiger partial charge is 0.257 e. The topological polar surface area (TPSA) is 69.9 Å². The molecule has 1 fully saturated rings. The number of benzene rings is 1. The molecule has 1 spiro atoms. The van der Waals surface area contributed by atoms with E-state index in [1.54, 1.807) is 6.07 Å². The van der Waals surface area contributed by atoms with Crippen LogP contribution in [-0.4, -0.2) is 40.8 Å². The van der Waals surface area contributed by atoms with Crippen molar-refractivity contribution in [2.24, 2.45) is 4.99 Å². The number of aliphatic imine (C=N–C) groups is 1. The summed E-state index contributed by atoms with van der Waals surface area (Å²) in [6.07, 6.45) is 3.85. The molecule has 1 unspecified atom stereocenters. The van der Waals surface area contributed by atoms with Gasteiger partial charge in [0.15, 0.2) is 0 Å². The van der Waals surface area contributed by atoms with Crippen molar-refractivity contribution in [3.05, 3.63) is 54.0 Å². The lowest BCUT2D eigenvalue weighted by atomic mass is 9.95. The number of para-hydroxylation sites is 1. The Bertz CT molecular complexity index is 867. The molecule has 0 saturated carbocycles. The second-order valence-corrected chi connectivity index (χ2v) is 8.34. The van der Waals surface area contributed by atoms with Crippen LogP contribution in [-0.2, 0) is 6.54 Å². The Kier molecular flexibility index (Phi) is 4.30. The lowest BCUT2D eigenvalue weighted by Gasteiger charge is -2.32. The summed E-state index contributed by atoms with van der Waals surface area (Å²) in [6.45, 7) is 8.27. The third-order valence-electron chi connectivity index (χ3n) is 5.11. The van der Waals surface area contributed by atoms with Gasteiger partial charge in [0, 0.05) is 25.3 Å². The van der Waals surface area contributed by atoms with Crippen LogP contribution in [0, 0.1) is 0 Å². The minimum atomic E-state index is -0.383. The highest BCUT2D eigenvalue weighted by molar-refractivity contribution is 6.05. The van der Waals surface area contributed by atoms with Crippen LogP contribution in [0.1, 0.15) is 43.1 Å². The molecule has 2 aromatic rings. The number of likely N-dealkylation sites (tertiary alicyclic amines) is 1. The fourth-order valence-corrected chi connectivity index (χ4v) is 3.75. The van der Waals surface area contributed by atoms with Crippen LogP contribution in [0.2, 0.25) is 0 Å². The van der Waals surface area contributed by atoms with Crippen molar-refractivity contribution in [3.63, 3.8) is 0 Å². The molecular weight excluding hydrogens is 340 g/mol. The zero-order valence-electron chi connectivity index (χ0n) is 16.1. The summed E-state index contributed by atoms with van der Waals surface area (Å²) in [5.41, 5.74) is 2.26. The summed E-state index contributed by atoms with van der Waals surface area (Å²) in [5, 5.41) is 7.28. The van der Waals surface area contributed by atoms with E-state index in [1.807, 2.05) is 17.0 Å². The van der Waals surface area contributed by atoms with Crippen molar-refractivity contribution in [2.45, 2.75) is 44.8 Å². The number of rotatable bonds is 1. The van der Waals surface area contributed by atoms with E-state index in [-0.39, 0.29) is 17.0 Å². The van der Waals surface area contributed by atoms with Gasteiger partial charge < -0.3 is 14.6 Å². The normalized spacial score (nSPS) is 24.0. The van der Waals surface area contributed by atoms with E-state index in [9.17, 15) is 4.79 Å². The van der Waals surface area contributed by atoms with E-state index in [2.05, 4.69) is 43.5 Å². The van der Waals surface area contributed by atoms with Crippen LogP contribution >= 0.6 is 0 Å². The summed E-state index contributed by atoms with van der Waals surface area (Å²) >= 11 is 0. The number of nitrogens with zero attached hydrogens (tertiary/aromatic N) is 2. The maximum atomic E-state index is 12.8. The summed E-state index contributed by atoms with van der Waals surface area (Å²) < 4.78 is 5.08. The van der Waals surface area contributed by atoms with Gasteiger partial charge in [0.05, 0.1) is 22.9 Å². The number of amidine groups is 1. The van der Waals surface area contributed by atoms with Gasteiger partial charge in [0.25, 0.3) is 5.91 Å². The average molecular weight is 366 g/mol. The number of carbonyl (C=O) groups is 1. The van der Waals surface area contributed by atoms with Crippen LogP contribution in [0.15, 0.2) is 52.3 Å². The van der Waals surface area contributed by atoms with Crippen molar-refractivity contribution >= 4 is 17.4 Å². The SMILES string of the molecule is CC(C)(C)N=C1Nc2ccccc2CNC12CCN(C(=O)c1ccoc1)C2. The van der Waals surface area contributed by atoms with E-state index in [0.29, 0.717) is 18.7 Å². The Labute approximate surface area is 159 Å². The number of carbonyl (C=O) groups excluding carboxylic acids is 1. The number of nitrogens with one attached hydrogen (secondary N) is 2. The molecule has 1 aromatic carbocycles. The van der Waals surface area contributed by atoms with Crippen LogP contribution in [0.4, 0.5) is 5.69 Å². The molecule has 2 N–H and O–H groups in total. The highest BCUT2D eigenvalue weighted by atomic mass is 16.3. The molecular formula is C21H26N4O2. The number of amides is 1. The fraction of sp³-hybridized carbons (Fsp3) is 0.429. The van der Waals surface area contributed by atoms with Gasteiger partial charge in [-0.15, -0.1) is 0 Å². The fourth-order valence-electron chi connectivity index (χ4n) is 3.75. The highest BCUT2D eigenvalue weighted by Crippen LogP contribution is 2.31. The van der Waals surface area contributed by atoms with Crippen LogP contribution < -0.4 is 10.6 Å². The maximum absolute atomic E-state index is 12.8. The zero-order valence-corrected chi connectivity index (χ0v) is 16.1. The first-order chi connectivity index (χ1) is 12.9. The molecule has 1 amide bonds. The van der Waals surface area contributed by atoms with E-state index >= 15 is 0 Å². The molecule has 2 aliphatic rings. The van der Waals surface area contributed by atoms with Gasteiger partial charge in [-0.2, -0.15) is 0 Å². The largest absolute Gasteiger partial charge is 0.472 e. The number of anilines is 1.